The van der Waals surface area contributed by atoms with Gasteiger partial charge in [0.15, 0.2) is 23.0 Å². The largest absolute Gasteiger partial charge is 0.477 e. The summed E-state index contributed by atoms with van der Waals surface area (Å²) in [6.07, 6.45) is 1.47. The molecule has 20 heavy (non-hydrogen) atoms. The van der Waals surface area contributed by atoms with Crippen LogP contribution in [0.2, 0.25) is 0 Å². The van der Waals surface area contributed by atoms with Gasteiger partial charge in [0.25, 0.3) is 0 Å². The Labute approximate surface area is 113 Å². The van der Waals surface area contributed by atoms with Crippen LogP contribution < -0.4 is 9.47 Å². The van der Waals surface area contributed by atoms with E-state index in [0.29, 0.717) is 22.9 Å². The van der Waals surface area contributed by atoms with Crippen molar-refractivity contribution in [2.45, 2.75) is 6.92 Å². The molecule has 8 nitrogen and oxygen atoms in total. The first-order chi connectivity index (χ1) is 9.65. The SMILES string of the molecule is Cc1nnnn1C(=Cc1ccc2c(c1)OCO2)C(=O)O. The number of carboxylic acid groups (broad SMARTS) is 1. The second-order valence-electron chi connectivity index (χ2n) is 4.09. The third-order valence-corrected chi connectivity index (χ3v) is 2.77. The summed E-state index contributed by atoms with van der Waals surface area (Å²) in [5.41, 5.74) is 0.605. The molecule has 0 aliphatic carbocycles. The molecule has 0 fully saturated rings. The van der Waals surface area contributed by atoms with Gasteiger partial charge in [-0.3, -0.25) is 0 Å². The minimum Gasteiger partial charge on any atom is -0.477 e. The molecule has 102 valence electrons. The van der Waals surface area contributed by atoms with Crippen LogP contribution in [-0.4, -0.2) is 38.1 Å². The summed E-state index contributed by atoms with van der Waals surface area (Å²) < 4.78 is 11.6. The highest BCUT2D eigenvalue weighted by Gasteiger charge is 2.17. The van der Waals surface area contributed by atoms with Gasteiger partial charge < -0.3 is 14.6 Å². The van der Waals surface area contributed by atoms with E-state index in [9.17, 15) is 9.90 Å². The molecule has 2 heterocycles. The van der Waals surface area contributed by atoms with Crippen molar-refractivity contribution in [2.75, 3.05) is 6.79 Å². The van der Waals surface area contributed by atoms with Gasteiger partial charge in [0.1, 0.15) is 0 Å². The molecule has 0 radical (unpaired) electrons. The molecule has 0 saturated heterocycles. The number of fused-ring (bicyclic) bond motifs is 1. The molecule has 1 aliphatic heterocycles. The fourth-order valence-electron chi connectivity index (χ4n) is 1.83. The molecule has 8 heteroatoms. The van der Waals surface area contributed by atoms with Gasteiger partial charge >= 0.3 is 5.97 Å². The average Bonchev–Trinajstić information content (AvgIpc) is 3.03. The van der Waals surface area contributed by atoms with Crippen LogP contribution in [0.25, 0.3) is 11.8 Å². The topological polar surface area (TPSA) is 99.4 Å². The van der Waals surface area contributed by atoms with Gasteiger partial charge in [-0.25, -0.2) is 4.79 Å². The highest BCUT2D eigenvalue weighted by Crippen LogP contribution is 2.33. The van der Waals surface area contributed by atoms with Crippen molar-refractivity contribution in [3.8, 4) is 11.5 Å². The second kappa shape index (κ2) is 4.65. The highest BCUT2D eigenvalue weighted by molar-refractivity contribution is 6.14. The van der Waals surface area contributed by atoms with E-state index in [4.69, 9.17) is 9.47 Å². The molecule has 0 unspecified atom stereocenters. The first-order valence-electron chi connectivity index (χ1n) is 5.75. The molecule has 1 aliphatic rings. The monoisotopic (exact) mass is 274 g/mol. The maximum absolute atomic E-state index is 11.3. The molecule has 0 atom stereocenters. The number of tetrazole rings is 1. The molecule has 1 aromatic heterocycles. The summed E-state index contributed by atoms with van der Waals surface area (Å²) in [7, 11) is 0. The Hall–Kier alpha value is -2.90. The van der Waals surface area contributed by atoms with E-state index in [2.05, 4.69) is 15.5 Å². The lowest BCUT2D eigenvalue weighted by Gasteiger charge is -2.03. The van der Waals surface area contributed by atoms with E-state index in [1.54, 1.807) is 25.1 Å². The third kappa shape index (κ3) is 2.07. The Morgan fingerprint density at radius 3 is 2.90 bits per heavy atom. The average molecular weight is 274 g/mol. The predicted molar refractivity (Wildman–Crippen MR) is 66.9 cm³/mol. The molecular weight excluding hydrogens is 264 g/mol. The van der Waals surface area contributed by atoms with Gasteiger partial charge in [-0.15, -0.1) is 5.10 Å². The number of aryl methyl sites for hydroxylation is 1. The summed E-state index contributed by atoms with van der Waals surface area (Å²) in [4.78, 5) is 11.3. The summed E-state index contributed by atoms with van der Waals surface area (Å²) >= 11 is 0. The lowest BCUT2D eigenvalue weighted by Crippen LogP contribution is -2.11. The zero-order chi connectivity index (χ0) is 14.1. The molecule has 0 spiro atoms. The smallest absolute Gasteiger partial charge is 0.354 e. The molecular formula is C12H10N4O4. The Morgan fingerprint density at radius 2 is 2.20 bits per heavy atom. The quantitative estimate of drug-likeness (QED) is 0.826. The van der Waals surface area contributed by atoms with Gasteiger partial charge in [-0.1, -0.05) is 6.07 Å². The molecule has 0 bridgehead atoms. The number of nitrogens with zero attached hydrogens (tertiary/aromatic N) is 4. The first kappa shape index (κ1) is 12.2. The lowest BCUT2D eigenvalue weighted by molar-refractivity contribution is -0.130. The van der Waals surface area contributed by atoms with E-state index in [1.807, 2.05) is 0 Å². The Bertz CT molecular complexity index is 707. The van der Waals surface area contributed by atoms with Crippen LogP contribution in [0.4, 0.5) is 0 Å². The molecule has 1 N–H and O–H groups in total. The van der Waals surface area contributed by atoms with Crippen molar-refractivity contribution in [1.82, 2.24) is 20.2 Å². The predicted octanol–water partition coefficient (Wildman–Crippen LogP) is 0.793. The number of carbonyl (C=O) groups is 1. The zero-order valence-electron chi connectivity index (χ0n) is 10.5. The van der Waals surface area contributed by atoms with Crippen molar-refractivity contribution in [1.29, 1.82) is 0 Å². The number of hydrogen-bond donors (Lipinski definition) is 1. The van der Waals surface area contributed by atoms with Gasteiger partial charge in [0, 0.05) is 0 Å². The zero-order valence-corrected chi connectivity index (χ0v) is 10.5. The molecule has 0 saturated carbocycles. The van der Waals surface area contributed by atoms with E-state index in [1.165, 1.54) is 6.08 Å². The van der Waals surface area contributed by atoms with E-state index >= 15 is 0 Å². The Kier molecular flexibility index (Phi) is 2.82. The maximum Gasteiger partial charge on any atom is 0.354 e. The summed E-state index contributed by atoms with van der Waals surface area (Å²) in [6.45, 7) is 1.79. The van der Waals surface area contributed by atoms with Crippen molar-refractivity contribution < 1.29 is 19.4 Å². The number of aliphatic carboxylic acids is 1. The van der Waals surface area contributed by atoms with Crippen LogP contribution >= 0.6 is 0 Å². The number of rotatable bonds is 3. The number of hydrogen-bond acceptors (Lipinski definition) is 6. The standard InChI is InChI=1S/C12H10N4O4/c1-7-13-14-15-16(7)9(12(17)18)4-8-2-3-10-11(5-8)20-6-19-10/h2-5H,6H2,1H3,(H,17,18). The highest BCUT2D eigenvalue weighted by atomic mass is 16.7. The van der Waals surface area contributed by atoms with Crippen LogP contribution in [0.15, 0.2) is 18.2 Å². The van der Waals surface area contributed by atoms with Gasteiger partial charge in [0.05, 0.1) is 0 Å². The van der Waals surface area contributed by atoms with E-state index in [0.717, 1.165) is 4.68 Å². The van der Waals surface area contributed by atoms with Gasteiger partial charge in [-0.2, -0.15) is 4.68 Å². The fourth-order valence-corrected chi connectivity index (χ4v) is 1.83. The van der Waals surface area contributed by atoms with Crippen LogP contribution in [-0.2, 0) is 4.79 Å². The third-order valence-electron chi connectivity index (χ3n) is 2.77. The van der Waals surface area contributed by atoms with Crippen molar-refractivity contribution in [3.63, 3.8) is 0 Å². The molecule has 0 amide bonds. The molecule has 3 rings (SSSR count). The van der Waals surface area contributed by atoms with Crippen LogP contribution in [0, 0.1) is 6.92 Å². The number of benzene rings is 1. The normalized spacial score (nSPS) is 13.6. The molecule has 1 aromatic carbocycles. The number of ether oxygens (including phenoxy) is 2. The van der Waals surface area contributed by atoms with Crippen molar-refractivity contribution in [2.24, 2.45) is 0 Å². The number of aromatic nitrogens is 4. The van der Waals surface area contributed by atoms with Crippen LogP contribution in [0.3, 0.4) is 0 Å². The van der Waals surface area contributed by atoms with Crippen molar-refractivity contribution in [3.05, 3.63) is 29.6 Å². The lowest BCUT2D eigenvalue weighted by atomic mass is 10.1. The number of carboxylic acids is 1. The summed E-state index contributed by atoms with van der Waals surface area (Å²) in [5, 5.41) is 20.1. The van der Waals surface area contributed by atoms with E-state index < -0.39 is 5.97 Å². The Balaban J connectivity index is 2.04. The van der Waals surface area contributed by atoms with Gasteiger partial charge in [-0.05, 0) is 41.1 Å². The van der Waals surface area contributed by atoms with Crippen molar-refractivity contribution >= 4 is 17.7 Å². The van der Waals surface area contributed by atoms with Crippen LogP contribution in [0.1, 0.15) is 11.4 Å². The maximum atomic E-state index is 11.3. The fraction of sp³-hybridized carbons (Fsp3) is 0.167. The van der Waals surface area contributed by atoms with Crippen LogP contribution in [0.5, 0.6) is 11.5 Å². The summed E-state index contributed by atoms with van der Waals surface area (Å²) in [6, 6.07) is 5.15. The Morgan fingerprint density at radius 1 is 1.40 bits per heavy atom. The minimum absolute atomic E-state index is 0.0497. The first-order valence-corrected chi connectivity index (χ1v) is 5.75. The van der Waals surface area contributed by atoms with E-state index in [-0.39, 0.29) is 12.5 Å². The summed E-state index contributed by atoms with van der Waals surface area (Å²) in [5.74, 6) is 0.479. The minimum atomic E-state index is -1.13. The van der Waals surface area contributed by atoms with Gasteiger partial charge in [0.2, 0.25) is 6.79 Å². The molecule has 2 aromatic rings. The second-order valence-corrected chi connectivity index (χ2v) is 4.09.